The van der Waals surface area contributed by atoms with Crippen molar-refractivity contribution in [3.05, 3.63) is 108 Å². The van der Waals surface area contributed by atoms with Crippen molar-refractivity contribution in [2.24, 2.45) is 0 Å². The Bertz CT molecular complexity index is 1260. The fraction of sp³-hybridized carbons (Fsp3) is 0.125. The molecule has 2 aromatic carbocycles. The van der Waals surface area contributed by atoms with Crippen LogP contribution in [0.25, 0.3) is 11.3 Å². The van der Waals surface area contributed by atoms with Crippen LogP contribution >= 0.6 is 11.8 Å². The van der Waals surface area contributed by atoms with Crippen molar-refractivity contribution >= 4 is 17.4 Å². The summed E-state index contributed by atoms with van der Waals surface area (Å²) in [6.07, 6.45) is 4.82. The lowest BCUT2D eigenvalue weighted by molar-refractivity contribution is 0.846. The third-order valence-corrected chi connectivity index (χ3v) is 5.89. The monoisotopic (exact) mass is 411 g/mol. The third-order valence-electron chi connectivity index (χ3n) is 4.93. The predicted octanol–water partition coefficient (Wildman–Crippen LogP) is 5.11. The molecule has 0 unspecified atom stereocenters. The van der Waals surface area contributed by atoms with Gasteiger partial charge in [-0.05, 0) is 42.3 Å². The molecule has 0 N–H and O–H groups in total. The summed E-state index contributed by atoms with van der Waals surface area (Å²) in [7, 11) is 0. The molecular weight excluding hydrogens is 390 g/mol. The number of rotatable bonds is 6. The summed E-state index contributed by atoms with van der Waals surface area (Å²) in [4.78, 5) is 4.70. The van der Waals surface area contributed by atoms with Gasteiger partial charge in [0.25, 0.3) is 0 Å². The zero-order valence-electron chi connectivity index (χ0n) is 16.6. The molecule has 0 radical (unpaired) electrons. The molecular formula is C24H21N5S. The molecule has 0 aliphatic carbocycles. The normalized spacial score (nSPS) is 11.2. The van der Waals surface area contributed by atoms with E-state index in [1.165, 1.54) is 11.1 Å². The summed E-state index contributed by atoms with van der Waals surface area (Å²) in [5.74, 6) is 1.67. The summed E-state index contributed by atoms with van der Waals surface area (Å²) in [5, 5.41) is 9.95. The lowest BCUT2D eigenvalue weighted by atomic mass is 10.1. The Balaban J connectivity index is 1.47. The molecule has 0 amide bonds. The topological polar surface area (TPSA) is 48.0 Å². The number of fused-ring (bicyclic) bond motifs is 1. The van der Waals surface area contributed by atoms with Gasteiger partial charge in [-0.3, -0.25) is 4.57 Å². The lowest BCUT2D eigenvalue weighted by Crippen LogP contribution is -2.04. The van der Waals surface area contributed by atoms with Crippen molar-refractivity contribution in [3.63, 3.8) is 0 Å². The van der Waals surface area contributed by atoms with Gasteiger partial charge in [-0.15, -0.1) is 10.2 Å². The number of aryl methyl sites for hydroxylation is 1. The second-order valence-electron chi connectivity index (χ2n) is 7.22. The Morgan fingerprint density at radius 3 is 2.60 bits per heavy atom. The molecule has 6 heteroatoms. The number of aromatic nitrogens is 5. The highest BCUT2D eigenvalue weighted by molar-refractivity contribution is 7.98. The maximum atomic E-state index is 4.70. The molecule has 0 aliphatic heterocycles. The van der Waals surface area contributed by atoms with Gasteiger partial charge >= 0.3 is 0 Å². The molecule has 3 aromatic heterocycles. The van der Waals surface area contributed by atoms with Crippen molar-refractivity contribution in [2.45, 2.75) is 24.3 Å². The molecule has 0 aliphatic rings. The highest BCUT2D eigenvalue weighted by Crippen LogP contribution is 2.26. The van der Waals surface area contributed by atoms with Gasteiger partial charge in [-0.1, -0.05) is 60.3 Å². The van der Waals surface area contributed by atoms with Crippen molar-refractivity contribution in [1.82, 2.24) is 24.1 Å². The fourth-order valence-corrected chi connectivity index (χ4v) is 4.36. The molecule has 3 heterocycles. The Hall–Kier alpha value is -3.38. The quantitative estimate of drug-likeness (QED) is 0.365. The molecule has 0 bridgehead atoms. The number of hydrogen-bond donors (Lipinski definition) is 0. The predicted molar refractivity (Wildman–Crippen MR) is 120 cm³/mol. The van der Waals surface area contributed by atoms with Crippen LogP contribution in [0.4, 0.5) is 0 Å². The van der Waals surface area contributed by atoms with Crippen LogP contribution in [-0.4, -0.2) is 24.1 Å². The molecule has 0 saturated heterocycles. The molecule has 5 nitrogen and oxygen atoms in total. The summed E-state index contributed by atoms with van der Waals surface area (Å²) in [6.45, 7) is 2.11. The van der Waals surface area contributed by atoms with E-state index in [0.29, 0.717) is 0 Å². The van der Waals surface area contributed by atoms with Gasteiger partial charge < -0.3 is 4.40 Å². The second kappa shape index (κ2) is 8.16. The van der Waals surface area contributed by atoms with Crippen LogP contribution in [0.2, 0.25) is 0 Å². The van der Waals surface area contributed by atoms with Gasteiger partial charge in [0.2, 0.25) is 0 Å². The first-order chi connectivity index (χ1) is 14.8. The zero-order chi connectivity index (χ0) is 20.3. The van der Waals surface area contributed by atoms with Crippen molar-refractivity contribution in [1.29, 1.82) is 0 Å². The van der Waals surface area contributed by atoms with Crippen LogP contribution in [0.5, 0.6) is 0 Å². The van der Waals surface area contributed by atoms with Gasteiger partial charge in [-0.2, -0.15) is 0 Å². The second-order valence-corrected chi connectivity index (χ2v) is 8.17. The molecule has 5 aromatic rings. The van der Waals surface area contributed by atoms with Crippen LogP contribution in [0.1, 0.15) is 22.6 Å². The van der Waals surface area contributed by atoms with E-state index in [1.807, 2.05) is 34.9 Å². The van der Waals surface area contributed by atoms with E-state index >= 15 is 0 Å². The highest BCUT2D eigenvalue weighted by Gasteiger charge is 2.16. The Kier molecular flexibility index (Phi) is 5.07. The van der Waals surface area contributed by atoms with Gasteiger partial charge in [-0.25, -0.2) is 4.98 Å². The third kappa shape index (κ3) is 3.86. The highest BCUT2D eigenvalue weighted by atomic mass is 32.2. The summed E-state index contributed by atoms with van der Waals surface area (Å²) < 4.78 is 4.21. The summed E-state index contributed by atoms with van der Waals surface area (Å²) >= 11 is 1.66. The first-order valence-corrected chi connectivity index (χ1v) is 10.9. The minimum Gasteiger partial charge on any atom is -0.307 e. The average Bonchev–Trinajstić information content (AvgIpc) is 3.36. The molecule has 148 valence electrons. The zero-order valence-corrected chi connectivity index (χ0v) is 17.5. The van der Waals surface area contributed by atoms with Crippen LogP contribution < -0.4 is 0 Å². The number of imidazole rings is 1. The molecule has 0 spiro atoms. The summed E-state index contributed by atoms with van der Waals surface area (Å²) in [6, 6.07) is 24.9. The van der Waals surface area contributed by atoms with E-state index < -0.39 is 0 Å². The van der Waals surface area contributed by atoms with Crippen molar-refractivity contribution < 1.29 is 0 Å². The number of thioether (sulfide) groups is 1. The van der Waals surface area contributed by atoms with Gasteiger partial charge in [0.1, 0.15) is 11.5 Å². The lowest BCUT2D eigenvalue weighted by Gasteiger charge is -2.11. The standard InChI is InChI=1S/C24H21N5S/c1-18-8-7-11-21(14-18)29-23(15-19-9-3-2-4-10-19)26-27-24(29)30-17-20-16-28-13-6-5-12-22(28)25-20/h2-14,16H,15,17H2,1H3. The minimum absolute atomic E-state index is 0.733. The number of benzene rings is 2. The van der Waals surface area contributed by atoms with E-state index in [4.69, 9.17) is 4.98 Å². The average molecular weight is 412 g/mol. The van der Waals surface area contributed by atoms with Crippen LogP contribution in [0, 0.1) is 6.92 Å². The van der Waals surface area contributed by atoms with Crippen molar-refractivity contribution in [3.8, 4) is 5.69 Å². The molecule has 30 heavy (non-hydrogen) atoms. The maximum Gasteiger partial charge on any atom is 0.196 e. The summed E-state index contributed by atoms with van der Waals surface area (Å²) in [5.41, 5.74) is 5.50. The molecule has 5 rings (SSSR count). The number of hydrogen-bond acceptors (Lipinski definition) is 4. The molecule has 0 fully saturated rings. The first-order valence-electron chi connectivity index (χ1n) is 9.87. The van der Waals surface area contributed by atoms with Gasteiger partial charge in [0.05, 0.1) is 5.69 Å². The maximum absolute atomic E-state index is 4.70. The van der Waals surface area contributed by atoms with Crippen LogP contribution in [0.15, 0.2) is 90.3 Å². The van der Waals surface area contributed by atoms with Gasteiger partial charge in [0.15, 0.2) is 5.16 Å². The van der Waals surface area contributed by atoms with E-state index in [0.717, 1.165) is 40.2 Å². The molecule has 0 saturated carbocycles. The fourth-order valence-electron chi connectivity index (χ4n) is 3.51. The van der Waals surface area contributed by atoms with E-state index in [2.05, 4.69) is 76.4 Å². The Labute approximate surface area is 179 Å². The van der Waals surface area contributed by atoms with Gasteiger partial charge in [0, 0.05) is 30.3 Å². The van der Waals surface area contributed by atoms with Crippen LogP contribution in [0.3, 0.4) is 0 Å². The molecule has 0 atom stereocenters. The largest absolute Gasteiger partial charge is 0.307 e. The van der Waals surface area contributed by atoms with Crippen molar-refractivity contribution in [2.75, 3.05) is 0 Å². The smallest absolute Gasteiger partial charge is 0.196 e. The van der Waals surface area contributed by atoms with E-state index in [9.17, 15) is 0 Å². The van der Waals surface area contributed by atoms with E-state index in [1.54, 1.807) is 11.8 Å². The van der Waals surface area contributed by atoms with E-state index in [-0.39, 0.29) is 0 Å². The Morgan fingerprint density at radius 1 is 0.900 bits per heavy atom. The SMILES string of the molecule is Cc1cccc(-n2c(Cc3ccccc3)nnc2SCc2cn3ccccc3n2)c1. The van der Waals surface area contributed by atoms with Crippen LogP contribution in [-0.2, 0) is 12.2 Å². The number of pyridine rings is 1. The first kappa shape index (κ1) is 18.6. The minimum atomic E-state index is 0.733. The Morgan fingerprint density at radius 2 is 1.77 bits per heavy atom. The number of nitrogens with zero attached hydrogens (tertiary/aromatic N) is 5.